The summed E-state index contributed by atoms with van der Waals surface area (Å²) in [7, 11) is 2.18. The molecule has 178 valence electrons. The van der Waals surface area contributed by atoms with E-state index < -0.39 is 30.4 Å². The quantitative estimate of drug-likeness (QED) is 0.285. The fourth-order valence-electron chi connectivity index (χ4n) is 4.11. The number of aliphatic hydroxyl groups is 1. The van der Waals surface area contributed by atoms with Gasteiger partial charge in [-0.15, -0.1) is 0 Å². The van der Waals surface area contributed by atoms with Gasteiger partial charge >= 0.3 is 12.1 Å². The number of esters is 1. The van der Waals surface area contributed by atoms with Crippen molar-refractivity contribution < 1.29 is 29.3 Å². The predicted molar refractivity (Wildman–Crippen MR) is 118 cm³/mol. The molecule has 5 unspecified atom stereocenters. The van der Waals surface area contributed by atoms with Crippen LogP contribution in [-0.2, 0) is 14.3 Å². The third-order valence-electron chi connectivity index (χ3n) is 5.92. The molecule has 0 bridgehead atoms. The van der Waals surface area contributed by atoms with Crippen molar-refractivity contribution in [3.05, 3.63) is 0 Å². The first-order valence-corrected chi connectivity index (χ1v) is 11.4. The molecule has 0 rings (SSSR count). The second-order valence-corrected chi connectivity index (χ2v) is 9.17. The number of rotatable bonds is 15. The van der Waals surface area contributed by atoms with E-state index in [0.717, 1.165) is 19.4 Å². The molecule has 0 aliphatic carbocycles. The molecule has 7 heteroatoms. The van der Waals surface area contributed by atoms with Gasteiger partial charge in [0.25, 0.3) is 6.29 Å². The van der Waals surface area contributed by atoms with Gasteiger partial charge < -0.3 is 24.6 Å². The van der Waals surface area contributed by atoms with Gasteiger partial charge in [0.05, 0.1) is 12.0 Å². The molecule has 0 aromatic carbocycles. The van der Waals surface area contributed by atoms with Crippen LogP contribution in [0, 0.1) is 23.7 Å². The average molecular weight is 432 g/mol. The zero-order valence-electron chi connectivity index (χ0n) is 20.3. The molecule has 0 aromatic heterocycles. The van der Waals surface area contributed by atoms with E-state index in [0.29, 0.717) is 17.9 Å². The normalized spacial score (nSPS) is 18.7. The molecule has 0 saturated carbocycles. The lowest BCUT2D eigenvalue weighted by molar-refractivity contribution is -0.179. The number of nitrogens with zero attached hydrogens (tertiary/aromatic N) is 1. The Labute approximate surface area is 183 Å². The van der Waals surface area contributed by atoms with Crippen LogP contribution in [0.5, 0.6) is 0 Å². The van der Waals surface area contributed by atoms with Crippen LogP contribution >= 0.6 is 0 Å². The zero-order valence-corrected chi connectivity index (χ0v) is 20.3. The lowest BCUT2D eigenvalue weighted by Gasteiger charge is -2.30. The van der Waals surface area contributed by atoms with E-state index in [2.05, 4.69) is 44.4 Å². The number of carboxylic acid groups (broad SMARTS) is 1. The van der Waals surface area contributed by atoms with Gasteiger partial charge in [0.2, 0.25) is 0 Å². The molecule has 0 amide bonds. The van der Waals surface area contributed by atoms with Crippen molar-refractivity contribution in [2.75, 3.05) is 13.6 Å². The van der Waals surface area contributed by atoms with Gasteiger partial charge in [-0.05, 0) is 57.9 Å². The number of ether oxygens (including phenoxy) is 2. The predicted octanol–water partition coefficient (Wildman–Crippen LogP) is 4.77. The molecule has 2 N–H and O–H groups in total. The summed E-state index contributed by atoms with van der Waals surface area (Å²) >= 11 is 0. The fourth-order valence-corrected chi connectivity index (χ4v) is 4.11. The number of aliphatic hydroxyl groups excluding tert-OH is 1. The molecular weight excluding hydrogens is 386 g/mol. The van der Waals surface area contributed by atoms with Crippen LogP contribution < -0.4 is 0 Å². The average Bonchev–Trinajstić information content (AvgIpc) is 2.65. The highest BCUT2D eigenvalue weighted by Gasteiger charge is 2.31. The zero-order chi connectivity index (χ0) is 23.4. The number of carbonyl (C=O) groups is 2. The molecule has 0 aromatic rings. The van der Waals surface area contributed by atoms with E-state index >= 15 is 0 Å². The highest BCUT2D eigenvalue weighted by atomic mass is 16.8. The lowest BCUT2D eigenvalue weighted by Crippen LogP contribution is -2.36. The fraction of sp³-hybridized carbons (Fsp3) is 0.913. The molecule has 0 spiro atoms. The topological polar surface area (TPSA) is 96.3 Å². The van der Waals surface area contributed by atoms with E-state index in [9.17, 15) is 14.7 Å². The molecule has 0 aliphatic heterocycles. The Morgan fingerprint density at radius 2 is 1.57 bits per heavy atom. The molecule has 0 radical (unpaired) electrons. The van der Waals surface area contributed by atoms with E-state index in [4.69, 9.17) is 9.84 Å². The third-order valence-corrected chi connectivity index (χ3v) is 5.92. The van der Waals surface area contributed by atoms with Crippen molar-refractivity contribution in [1.29, 1.82) is 0 Å². The molecule has 7 atom stereocenters. The molecule has 0 fully saturated rings. The standard InChI is InChI=1S/C23H45NO6/c1-9-11-18(6)24(8)14-16(4)12-15(3)13-17(5)21(25)19(7)22(26)29-20(10-2)30-23(27)28/h15-21,25H,9-14H2,1-8H3,(H,27,28)/t15?,16-,17?,18-,19?,20?,21?/m1/s1. The van der Waals surface area contributed by atoms with E-state index in [1.54, 1.807) is 13.8 Å². The minimum atomic E-state index is -1.49. The molecule has 0 aliphatic rings. The largest absolute Gasteiger partial charge is 0.508 e. The number of hydrogen-bond acceptors (Lipinski definition) is 6. The van der Waals surface area contributed by atoms with Crippen LogP contribution in [0.15, 0.2) is 0 Å². The van der Waals surface area contributed by atoms with Crippen LogP contribution in [0.25, 0.3) is 0 Å². The van der Waals surface area contributed by atoms with Crippen LogP contribution in [0.3, 0.4) is 0 Å². The highest BCUT2D eigenvalue weighted by Crippen LogP contribution is 2.26. The molecule has 0 heterocycles. The Morgan fingerprint density at radius 1 is 0.967 bits per heavy atom. The van der Waals surface area contributed by atoms with E-state index in [-0.39, 0.29) is 12.3 Å². The van der Waals surface area contributed by atoms with Crippen molar-refractivity contribution in [3.63, 3.8) is 0 Å². The van der Waals surface area contributed by atoms with E-state index in [1.165, 1.54) is 12.8 Å². The summed E-state index contributed by atoms with van der Waals surface area (Å²) in [5.74, 6) is -0.505. The van der Waals surface area contributed by atoms with Gasteiger partial charge in [-0.3, -0.25) is 4.79 Å². The summed E-state index contributed by atoms with van der Waals surface area (Å²) in [4.78, 5) is 25.3. The SMILES string of the molecule is CCC[C@@H](C)N(C)C[C@H](C)CC(C)CC(C)C(O)C(C)C(=O)OC(CC)OC(=O)O. The molecule has 7 nitrogen and oxygen atoms in total. The Morgan fingerprint density at radius 3 is 2.07 bits per heavy atom. The summed E-state index contributed by atoms with van der Waals surface area (Å²) in [6.07, 6.45) is 0.978. The number of carbonyl (C=O) groups excluding carboxylic acids is 1. The van der Waals surface area contributed by atoms with Gasteiger partial charge in [-0.2, -0.15) is 0 Å². The van der Waals surface area contributed by atoms with Crippen LogP contribution in [0.4, 0.5) is 4.79 Å². The van der Waals surface area contributed by atoms with Crippen LogP contribution in [0.2, 0.25) is 0 Å². The first-order valence-electron chi connectivity index (χ1n) is 11.4. The van der Waals surface area contributed by atoms with Crippen molar-refractivity contribution in [2.24, 2.45) is 23.7 Å². The minimum absolute atomic E-state index is 0.0769. The highest BCUT2D eigenvalue weighted by molar-refractivity contribution is 5.73. The second-order valence-electron chi connectivity index (χ2n) is 9.17. The van der Waals surface area contributed by atoms with Crippen LogP contribution in [-0.4, -0.2) is 59.3 Å². The maximum absolute atomic E-state index is 12.3. The summed E-state index contributed by atoms with van der Waals surface area (Å²) in [6.45, 7) is 15.2. The number of hydrogen-bond donors (Lipinski definition) is 2. The summed E-state index contributed by atoms with van der Waals surface area (Å²) < 4.78 is 9.61. The Hall–Kier alpha value is -1.34. The van der Waals surface area contributed by atoms with Gasteiger partial charge in [-0.25, -0.2) is 4.79 Å². The third kappa shape index (κ3) is 11.2. The van der Waals surface area contributed by atoms with Gasteiger partial charge in [0, 0.05) is 19.0 Å². The van der Waals surface area contributed by atoms with Gasteiger partial charge in [-0.1, -0.05) is 41.0 Å². The van der Waals surface area contributed by atoms with Crippen molar-refractivity contribution in [2.45, 2.75) is 99.0 Å². The van der Waals surface area contributed by atoms with E-state index in [1.807, 2.05) is 6.92 Å². The monoisotopic (exact) mass is 431 g/mol. The van der Waals surface area contributed by atoms with Gasteiger partial charge in [0.15, 0.2) is 0 Å². The summed E-state index contributed by atoms with van der Waals surface area (Å²) in [5, 5.41) is 19.3. The van der Waals surface area contributed by atoms with Gasteiger partial charge in [0.1, 0.15) is 0 Å². The Balaban J connectivity index is 4.56. The molecule has 0 saturated heterocycles. The molecule has 30 heavy (non-hydrogen) atoms. The summed E-state index contributed by atoms with van der Waals surface area (Å²) in [5.41, 5.74) is 0. The smallest absolute Gasteiger partial charge is 0.450 e. The first kappa shape index (κ1) is 28.7. The lowest BCUT2D eigenvalue weighted by atomic mass is 9.83. The maximum Gasteiger partial charge on any atom is 0.508 e. The summed E-state index contributed by atoms with van der Waals surface area (Å²) in [6, 6.07) is 0.581. The maximum atomic E-state index is 12.3. The van der Waals surface area contributed by atoms with Crippen molar-refractivity contribution >= 4 is 12.1 Å². The Bertz CT molecular complexity index is 500. The first-order chi connectivity index (χ1) is 13.9. The Kier molecular flexibility index (Phi) is 14.0. The van der Waals surface area contributed by atoms with Crippen molar-refractivity contribution in [1.82, 2.24) is 4.90 Å². The van der Waals surface area contributed by atoms with Crippen molar-refractivity contribution in [3.8, 4) is 0 Å². The van der Waals surface area contributed by atoms with Crippen LogP contribution in [0.1, 0.15) is 80.6 Å². The minimum Gasteiger partial charge on any atom is -0.450 e. The second kappa shape index (κ2) is 14.6. The molecular formula is C23H45NO6.